The SMILES string of the molecule is CCC(=O)c1ccc(OCC(=O)N(Cc2nnc(-c3ccccc3Cl)o2)C(C)C)cc1. The molecular formula is C23H24ClN3O4. The van der Waals surface area contributed by atoms with Crippen LogP contribution in [0.15, 0.2) is 52.9 Å². The van der Waals surface area contributed by atoms with Crippen LogP contribution in [0.4, 0.5) is 0 Å². The topological polar surface area (TPSA) is 85.5 Å². The molecule has 0 spiro atoms. The number of aromatic nitrogens is 2. The summed E-state index contributed by atoms with van der Waals surface area (Å²) in [7, 11) is 0. The molecule has 0 bridgehead atoms. The Bertz CT molecular complexity index is 1050. The first kappa shape index (κ1) is 22.5. The Morgan fingerprint density at radius 3 is 2.45 bits per heavy atom. The lowest BCUT2D eigenvalue weighted by Gasteiger charge is -2.25. The first-order valence-corrected chi connectivity index (χ1v) is 10.4. The highest BCUT2D eigenvalue weighted by atomic mass is 35.5. The molecule has 8 heteroatoms. The predicted molar refractivity (Wildman–Crippen MR) is 117 cm³/mol. The minimum atomic E-state index is -0.221. The van der Waals surface area contributed by atoms with Crippen LogP contribution in [-0.2, 0) is 11.3 Å². The van der Waals surface area contributed by atoms with Gasteiger partial charge in [-0.15, -0.1) is 10.2 Å². The van der Waals surface area contributed by atoms with Gasteiger partial charge in [-0.1, -0.05) is 30.7 Å². The number of rotatable bonds is 9. The third kappa shape index (κ3) is 5.70. The minimum absolute atomic E-state index is 0.0596. The maximum atomic E-state index is 12.8. The number of amides is 1. The van der Waals surface area contributed by atoms with Crippen LogP contribution in [0.3, 0.4) is 0 Å². The molecule has 162 valence electrons. The third-order valence-electron chi connectivity index (χ3n) is 4.68. The smallest absolute Gasteiger partial charge is 0.261 e. The highest BCUT2D eigenvalue weighted by Crippen LogP contribution is 2.26. The zero-order chi connectivity index (χ0) is 22.4. The Hall–Kier alpha value is -3.19. The number of carbonyl (C=O) groups is 2. The highest BCUT2D eigenvalue weighted by Gasteiger charge is 2.21. The molecule has 1 aromatic heterocycles. The van der Waals surface area contributed by atoms with Crippen molar-refractivity contribution in [2.24, 2.45) is 0 Å². The molecule has 2 aromatic carbocycles. The zero-order valence-electron chi connectivity index (χ0n) is 17.7. The fourth-order valence-corrected chi connectivity index (χ4v) is 3.15. The first-order chi connectivity index (χ1) is 14.9. The molecule has 0 aliphatic rings. The summed E-state index contributed by atoms with van der Waals surface area (Å²) in [5, 5.41) is 8.60. The standard InChI is InChI=1S/C23H24ClN3O4/c1-4-20(28)16-9-11-17(12-10-16)30-14-22(29)27(15(2)3)13-21-25-26-23(31-21)18-7-5-6-8-19(18)24/h5-12,15H,4,13-14H2,1-3H3. The van der Waals surface area contributed by atoms with Crippen molar-refractivity contribution < 1.29 is 18.7 Å². The molecule has 0 aliphatic heterocycles. The summed E-state index contributed by atoms with van der Waals surface area (Å²) in [5.41, 5.74) is 1.26. The van der Waals surface area contributed by atoms with Crippen molar-refractivity contribution in [2.45, 2.75) is 39.8 Å². The number of ketones is 1. The second-order valence-electron chi connectivity index (χ2n) is 7.19. The monoisotopic (exact) mass is 441 g/mol. The van der Waals surface area contributed by atoms with Gasteiger partial charge in [-0.2, -0.15) is 0 Å². The van der Waals surface area contributed by atoms with E-state index in [0.717, 1.165) is 0 Å². The van der Waals surface area contributed by atoms with Gasteiger partial charge >= 0.3 is 0 Å². The molecule has 0 unspecified atom stereocenters. The highest BCUT2D eigenvalue weighted by molar-refractivity contribution is 6.33. The fraction of sp³-hybridized carbons (Fsp3) is 0.304. The van der Waals surface area contributed by atoms with Crippen molar-refractivity contribution in [1.29, 1.82) is 0 Å². The number of carbonyl (C=O) groups excluding carboxylic acids is 2. The number of ether oxygens (including phenoxy) is 1. The van der Waals surface area contributed by atoms with Crippen LogP contribution < -0.4 is 4.74 Å². The molecule has 7 nitrogen and oxygen atoms in total. The lowest BCUT2D eigenvalue weighted by atomic mass is 10.1. The van der Waals surface area contributed by atoms with Gasteiger partial charge in [0.25, 0.3) is 5.91 Å². The average Bonchev–Trinajstić information content (AvgIpc) is 3.24. The fourth-order valence-electron chi connectivity index (χ4n) is 2.93. The van der Waals surface area contributed by atoms with Gasteiger partial charge in [0, 0.05) is 18.0 Å². The van der Waals surface area contributed by atoms with Crippen molar-refractivity contribution in [1.82, 2.24) is 15.1 Å². The van der Waals surface area contributed by atoms with E-state index in [-0.39, 0.29) is 30.9 Å². The van der Waals surface area contributed by atoms with Crippen LogP contribution in [0.2, 0.25) is 5.02 Å². The number of hydrogen-bond acceptors (Lipinski definition) is 6. The lowest BCUT2D eigenvalue weighted by molar-refractivity contribution is -0.136. The van der Waals surface area contributed by atoms with Gasteiger partial charge in [-0.25, -0.2) is 0 Å². The van der Waals surface area contributed by atoms with Crippen LogP contribution >= 0.6 is 11.6 Å². The summed E-state index contributed by atoms with van der Waals surface area (Å²) in [4.78, 5) is 26.1. The molecule has 1 amide bonds. The number of Topliss-reactive ketones (excluding diaryl/α,β-unsaturated/α-hetero) is 1. The van der Waals surface area contributed by atoms with Crippen LogP contribution in [-0.4, -0.2) is 39.4 Å². The summed E-state index contributed by atoms with van der Waals surface area (Å²) in [6, 6.07) is 13.8. The second kappa shape index (κ2) is 10.2. The van der Waals surface area contributed by atoms with Crippen molar-refractivity contribution in [2.75, 3.05) is 6.61 Å². The molecule has 0 fully saturated rings. The van der Waals surface area contributed by atoms with Gasteiger partial charge in [-0.05, 0) is 50.2 Å². The second-order valence-corrected chi connectivity index (χ2v) is 7.59. The molecule has 0 aliphatic carbocycles. The van der Waals surface area contributed by atoms with E-state index in [4.69, 9.17) is 20.8 Å². The number of benzene rings is 2. The van der Waals surface area contributed by atoms with E-state index in [0.29, 0.717) is 40.1 Å². The summed E-state index contributed by atoms with van der Waals surface area (Å²) in [5.74, 6) is 0.961. The zero-order valence-corrected chi connectivity index (χ0v) is 18.4. The van der Waals surface area contributed by atoms with E-state index in [1.165, 1.54) is 0 Å². The maximum absolute atomic E-state index is 12.8. The van der Waals surface area contributed by atoms with Crippen LogP contribution in [0.25, 0.3) is 11.5 Å². The van der Waals surface area contributed by atoms with Crippen molar-refractivity contribution in [3.8, 4) is 17.2 Å². The van der Waals surface area contributed by atoms with Crippen molar-refractivity contribution >= 4 is 23.3 Å². The summed E-state index contributed by atoms with van der Waals surface area (Å²) in [6.07, 6.45) is 0.440. The van der Waals surface area contributed by atoms with Gasteiger partial charge in [0.05, 0.1) is 17.1 Å². The maximum Gasteiger partial charge on any atom is 0.261 e. The predicted octanol–water partition coefficient (Wildman–Crippen LogP) is 4.80. The largest absolute Gasteiger partial charge is 0.484 e. The van der Waals surface area contributed by atoms with E-state index in [2.05, 4.69) is 10.2 Å². The third-order valence-corrected chi connectivity index (χ3v) is 5.01. The van der Waals surface area contributed by atoms with E-state index < -0.39 is 0 Å². The summed E-state index contributed by atoms with van der Waals surface area (Å²) < 4.78 is 11.3. The number of halogens is 1. The van der Waals surface area contributed by atoms with Gasteiger partial charge in [0.1, 0.15) is 5.75 Å². The molecular weight excluding hydrogens is 418 g/mol. The van der Waals surface area contributed by atoms with Gasteiger partial charge in [-0.3, -0.25) is 9.59 Å². The summed E-state index contributed by atoms with van der Waals surface area (Å²) in [6.45, 7) is 5.61. The quantitative estimate of drug-likeness (QED) is 0.443. The van der Waals surface area contributed by atoms with E-state index in [1.54, 1.807) is 41.3 Å². The van der Waals surface area contributed by atoms with Gasteiger partial charge in [0.2, 0.25) is 11.8 Å². The number of hydrogen-bond donors (Lipinski definition) is 0. The van der Waals surface area contributed by atoms with Crippen LogP contribution in [0, 0.1) is 0 Å². The first-order valence-electron chi connectivity index (χ1n) is 10.0. The summed E-state index contributed by atoms with van der Waals surface area (Å²) >= 11 is 6.18. The minimum Gasteiger partial charge on any atom is -0.484 e. The molecule has 0 N–H and O–H groups in total. The van der Waals surface area contributed by atoms with E-state index in [9.17, 15) is 9.59 Å². The molecule has 0 radical (unpaired) electrons. The molecule has 31 heavy (non-hydrogen) atoms. The molecule has 0 atom stereocenters. The van der Waals surface area contributed by atoms with Gasteiger partial charge < -0.3 is 14.1 Å². The molecule has 3 rings (SSSR count). The van der Waals surface area contributed by atoms with Crippen LogP contribution in [0.5, 0.6) is 5.75 Å². The number of nitrogens with zero attached hydrogens (tertiary/aromatic N) is 3. The Morgan fingerprint density at radius 2 is 1.81 bits per heavy atom. The molecule has 0 saturated carbocycles. The molecule has 1 heterocycles. The Morgan fingerprint density at radius 1 is 1.10 bits per heavy atom. The van der Waals surface area contributed by atoms with Crippen molar-refractivity contribution in [3.63, 3.8) is 0 Å². The molecule has 0 saturated heterocycles. The Kier molecular flexibility index (Phi) is 7.41. The van der Waals surface area contributed by atoms with Gasteiger partial charge in [0.15, 0.2) is 12.4 Å². The van der Waals surface area contributed by atoms with Crippen molar-refractivity contribution in [3.05, 3.63) is 65.0 Å². The average molecular weight is 442 g/mol. The van der Waals surface area contributed by atoms with E-state index in [1.807, 2.05) is 32.9 Å². The van der Waals surface area contributed by atoms with E-state index >= 15 is 0 Å². The Labute approximate surface area is 186 Å². The van der Waals surface area contributed by atoms with Crippen LogP contribution in [0.1, 0.15) is 43.4 Å². The Balaban J connectivity index is 1.63. The molecule has 3 aromatic rings. The normalized spacial score (nSPS) is 10.9. The lowest BCUT2D eigenvalue weighted by Crippen LogP contribution is -2.39.